The fraction of sp³-hybridized carbons (Fsp3) is 0.190. The largest absolute Gasteiger partial charge is 0.322 e. The van der Waals surface area contributed by atoms with Crippen LogP contribution in [0.1, 0.15) is 22.0 Å². The molecule has 0 radical (unpaired) electrons. The third kappa shape index (κ3) is 3.90. The van der Waals surface area contributed by atoms with Crippen LogP contribution in [0.5, 0.6) is 0 Å². The Morgan fingerprint density at radius 3 is 2.56 bits per heavy atom. The quantitative estimate of drug-likeness (QED) is 0.596. The highest BCUT2D eigenvalue weighted by atomic mass is 35.5. The van der Waals surface area contributed by atoms with Gasteiger partial charge in [-0.05, 0) is 41.1 Å². The lowest BCUT2D eigenvalue weighted by atomic mass is 9.93. The van der Waals surface area contributed by atoms with Crippen molar-refractivity contribution in [3.05, 3.63) is 86.0 Å². The van der Waals surface area contributed by atoms with Crippen LogP contribution in [-0.4, -0.2) is 23.9 Å². The van der Waals surface area contributed by atoms with Gasteiger partial charge in [0.05, 0.1) is 28.3 Å². The Labute approximate surface area is 172 Å². The van der Waals surface area contributed by atoms with Crippen molar-refractivity contribution in [3.63, 3.8) is 0 Å². The number of halogens is 2. The molecule has 0 bridgehead atoms. The van der Waals surface area contributed by atoms with E-state index >= 15 is 0 Å². The first-order valence-electron chi connectivity index (χ1n) is 8.72. The van der Waals surface area contributed by atoms with Crippen LogP contribution in [0.2, 0.25) is 10.0 Å². The van der Waals surface area contributed by atoms with Gasteiger partial charge in [-0.15, -0.1) is 11.3 Å². The highest BCUT2D eigenvalue weighted by Gasteiger charge is 2.30. The van der Waals surface area contributed by atoms with Gasteiger partial charge in [0.2, 0.25) is 5.91 Å². The predicted molar refractivity (Wildman–Crippen MR) is 113 cm³/mol. The number of nitrogens with one attached hydrogen (secondary N) is 1. The normalized spacial score (nSPS) is 16.7. The first kappa shape index (κ1) is 18.5. The highest BCUT2D eigenvalue weighted by molar-refractivity contribution is 7.10. The number of hydrogen-bond donors (Lipinski definition) is 1. The molecular weight excluding hydrogens is 399 g/mol. The van der Waals surface area contributed by atoms with Gasteiger partial charge in [0.15, 0.2) is 0 Å². The van der Waals surface area contributed by atoms with Crippen molar-refractivity contribution in [3.8, 4) is 0 Å². The third-order valence-corrected chi connectivity index (χ3v) is 6.38. The van der Waals surface area contributed by atoms with Crippen molar-refractivity contribution in [1.82, 2.24) is 4.90 Å². The van der Waals surface area contributed by atoms with Gasteiger partial charge < -0.3 is 5.32 Å². The molecule has 1 atom stereocenters. The summed E-state index contributed by atoms with van der Waals surface area (Å²) in [6.07, 6.45) is 0.955. The molecule has 1 amide bonds. The number of thiophene rings is 1. The summed E-state index contributed by atoms with van der Waals surface area (Å²) >= 11 is 14.2. The number of para-hydroxylation sites is 1. The van der Waals surface area contributed by atoms with E-state index in [0.29, 0.717) is 15.7 Å². The Hall–Kier alpha value is -1.85. The molecular formula is C21H18Cl2N2OS. The zero-order chi connectivity index (χ0) is 18.8. The van der Waals surface area contributed by atoms with Crippen LogP contribution in [0.4, 0.5) is 5.69 Å². The van der Waals surface area contributed by atoms with Crippen LogP contribution >= 0.6 is 34.5 Å². The summed E-state index contributed by atoms with van der Waals surface area (Å²) in [5.41, 5.74) is 2.96. The molecule has 2 aromatic carbocycles. The maximum absolute atomic E-state index is 12.7. The maximum Gasteiger partial charge on any atom is 0.238 e. The fourth-order valence-corrected chi connectivity index (χ4v) is 4.94. The minimum atomic E-state index is -0.121. The Balaban J connectivity index is 1.58. The van der Waals surface area contributed by atoms with E-state index in [1.165, 1.54) is 16.0 Å². The first-order valence-corrected chi connectivity index (χ1v) is 10.4. The second kappa shape index (κ2) is 8.03. The molecule has 1 aliphatic rings. The van der Waals surface area contributed by atoms with Gasteiger partial charge in [0, 0.05) is 11.4 Å². The van der Waals surface area contributed by atoms with Crippen molar-refractivity contribution in [2.75, 3.05) is 18.4 Å². The number of hydrogen-bond acceptors (Lipinski definition) is 3. The van der Waals surface area contributed by atoms with Crippen LogP contribution < -0.4 is 5.32 Å². The number of benzene rings is 2. The van der Waals surface area contributed by atoms with Crippen molar-refractivity contribution in [1.29, 1.82) is 0 Å². The van der Waals surface area contributed by atoms with Crippen LogP contribution in [-0.2, 0) is 11.2 Å². The molecule has 27 heavy (non-hydrogen) atoms. The summed E-state index contributed by atoms with van der Waals surface area (Å²) in [6, 6.07) is 17.8. The molecule has 4 rings (SSSR count). The average molecular weight is 417 g/mol. The Morgan fingerprint density at radius 2 is 1.81 bits per heavy atom. The summed E-state index contributed by atoms with van der Waals surface area (Å²) < 4.78 is 0. The molecule has 0 aliphatic carbocycles. The van der Waals surface area contributed by atoms with E-state index in [0.717, 1.165) is 13.0 Å². The number of anilines is 1. The standard InChI is InChI=1S/C21H18Cl2N2OS/c22-16-7-4-8-17(23)20(16)24-19(26)13-25-11-9-18-15(10-12-27-18)21(25)14-5-2-1-3-6-14/h1-8,10,12,21H,9,11,13H2,(H,24,26)/t21-/m0/s1. The van der Waals surface area contributed by atoms with E-state index in [2.05, 4.69) is 33.8 Å². The lowest BCUT2D eigenvalue weighted by Gasteiger charge is -2.35. The summed E-state index contributed by atoms with van der Waals surface area (Å²) in [7, 11) is 0. The molecule has 1 aliphatic heterocycles. The van der Waals surface area contributed by atoms with E-state index in [1.807, 2.05) is 18.2 Å². The first-order chi connectivity index (χ1) is 13.1. The number of nitrogens with zero attached hydrogens (tertiary/aromatic N) is 1. The monoisotopic (exact) mass is 416 g/mol. The zero-order valence-corrected chi connectivity index (χ0v) is 16.8. The van der Waals surface area contributed by atoms with Crippen LogP contribution in [0, 0.1) is 0 Å². The molecule has 0 unspecified atom stereocenters. The van der Waals surface area contributed by atoms with Gasteiger partial charge >= 0.3 is 0 Å². The predicted octanol–water partition coefficient (Wildman–Crippen LogP) is 5.64. The van der Waals surface area contributed by atoms with Gasteiger partial charge in [-0.1, -0.05) is 59.6 Å². The SMILES string of the molecule is O=C(CN1CCc2sccc2[C@@H]1c1ccccc1)Nc1c(Cl)cccc1Cl. The molecule has 0 saturated heterocycles. The summed E-state index contributed by atoms with van der Waals surface area (Å²) in [6.45, 7) is 1.10. The van der Waals surface area contributed by atoms with Gasteiger partial charge in [0.25, 0.3) is 0 Å². The zero-order valence-electron chi connectivity index (χ0n) is 14.5. The number of fused-ring (bicyclic) bond motifs is 1. The topological polar surface area (TPSA) is 32.3 Å². The Bertz CT molecular complexity index is 938. The van der Waals surface area contributed by atoms with Crippen molar-refractivity contribution in [2.45, 2.75) is 12.5 Å². The molecule has 0 spiro atoms. The summed E-state index contributed by atoms with van der Waals surface area (Å²) in [5.74, 6) is -0.121. The number of rotatable bonds is 4. The van der Waals surface area contributed by atoms with Gasteiger partial charge in [-0.2, -0.15) is 0 Å². The van der Waals surface area contributed by atoms with E-state index in [4.69, 9.17) is 23.2 Å². The molecule has 1 aromatic heterocycles. The van der Waals surface area contributed by atoms with Crippen molar-refractivity contribution < 1.29 is 4.79 Å². The summed E-state index contributed by atoms with van der Waals surface area (Å²) in [5, 5.41) is 5.88. The molecule has 6 heteroatoms. The molecule has 2 heterocycles. The fourth-order valence-electron chi connectivity index (χ4n) is 3.54. The second-order valence-corrected chi connectivity index (χ2v) is 8.29. The molecule has 1 N–H and O–H groups in total. The lowest BCUT2D eigenvalue weighted by Crippen LogP contribution is -2.40. The molecule has 0 fully saturated rings. The lowest BCUT2D eigenvalue weighted by molar-refractivity contribution is -0.117. The number of amides is 1. The van der Waals surface area contributed by atoms with E-state index < -0.39 is 0 Å². The maximum atomic E-state index is 12.7. The Kier molecular flexibility index (Phi) is 5.50. The number of carbonyl (C=O) groups excluding carboxylic acids is 1. The van der Waals surface area contributed by atoms with Gasteiger partial charge in [-0.3, -0.25) is 9.69 Å². The highest BCUT2D eigenvalue weighted by Crippen LogP contribution is 2.37. The number of carbonyl (C=O) groups is 1. The van der Waals surface area contributed by atoms with E-state index in [-0.39, 0.29) is 18.5 Å². The van der Waals surface area contributed by atoms with Gasteiger partial charge in [-0.25, -0.2) is 0 Å². The van der Waals surface area contributed by atoms with E-state index in [9.17, 15) is 4.79 Å². The van der Waals surface area contributed by atoms with Crippen LogP contribution in [0.3, 0.4) is 0 Å². The third-order valence-electron chi connectivity index (χ3n) is 4.75. The molecule has 0 saturated carbocycles. The molecule has 138 valence electrons. The molecule has 3 nitrogen and oxygen atoms in total. The van der Waals surface area contributed by atoms with Crippen molar-refractivity contribution in [2.24, 2.45) is 0 Å². The van der Waals surface area contributed by atoms with Gasteiger partial charge in [0.1, 0.15) is 0 Å². The Morgan fingerprint density at radius 1 is 1.07 bits per heavy atom. The average Bonchev–Trinajstić information content (AvgIpc) is 3.14. The smallest absolute Gasteiger partial charge is 0.238 e. The van der Waals surface area contributed by atoms with E-state index in [1.54, 1.807) is 29.5 Å². The minimum absolute atomic E-state index is 0.0775. The van der Waals surface area contributed by atoms with Crippen molar-refractivity contribution >= 4 is 46.1 Å². The summed E-state index contributed by atoms with van der Waals surface area (Å²) in [4.78, 5) is 16.4. The van der Waals surface area contributed by atoms with Crippen LogP contribution in [0.25, 0.3) is 0 Å². The molecule has 3 aromatic rings. The van der Waals surface area contributed by atoms with Crippen LogP contribution in [0.15, 0.2) is 60.0 Å². The second-order valence-electron chi connectivity index (χ2n) is 6.48. The minimum Gasteiger partial charge on any atom is -0.322 e.